The number of rotatable bonds is 4. The molecule has 1 fully saturated rings. The Kier molecular flexibility index (Phi) is 4.62. The molecule has 16 heavy (non-hydrogen) atoms. The normalized spacial score (nSPS) is 14.0. The summed E-state index contributed by atoms with van der Waals surface area (Å²) >= 11 is 0. The fourth-order valence-corrected chi connectivity index (χ4v) is 1.53. The minimum atomic E-state index is -0.00403. The lowest BCUT2D eigenvalue weighted by atomic mass is 10.2. The molecule has 1 aromatic rings. The lowest BCUT2D eigenvalue weighted by molar-refractivity contribution is 0.0952. The van der Waals surface area contributed by atoms with Gasteiger partial charge >= 0.3 is 0 Å². The first-order valence-electron chi connectivity index (χ1n) is 5.39. The topological polar surface area (TPSA) is 55.1 Å². The molecular weight excluding hydrogens is 224 g/mol. The second kappa shape index (κ2) is 5.75. The molecule has 1 aliphatic carbocycles. The van der Waals surface area contributed by atoms with Crippen LogP contribution in [0.4, 0.5) is 5.69 Å². The van der Waals surface area contributed by atoms with E-state index in [4.69, 9.17) is 5.73 Å². The molecule has 4 heteroatoms. The molecule has 0 spiro atoms. The van der Waals surface area contributed by atoms with Crippen LogP contribution in [-0.2, 0) is 0 Å². The highest BCUT2D eigenvalue weighted by Crippen LogP contribution is 2.31. The van der Waals surface area contributed by atoms with E-state index < -0.39 is 0 Å². The zero-order chi connectivity index (χ0) is 10.7. The van der Waals surface area contributed by atoms with Crippen LogP contribution in [0.2, 0.25) is 0 Å². The summed E-state index contributed by atoms with van der Waals surface area (Å²) in [6, 6.07) is 7.00. The van der Waals surface area contributed by atoms with Crippen LogP contribution in [0.1, 0.15) is 29.6 Å². The average Bonchev–Trinajstić information content (AvgIpc) is 3.02. The SMILES string of the molecule is Cl.Nc1ccc(C(=O)NCCC2CC2)cc1. The van der Waals surface area contributed by atoms with Crippen LogP contribution in [0.15, 0.2) is 24.3 Å². The summed E-state index contributed by atoms with van der Waals surface area (Å²) in [7, 11) is 0. The van der Waals surface area contributed by atoms with Gasteiger partial charge in [0.05, 0.1) is 0 Å². The monoisotopic (exact) mass is 240 g/mol. The molecule has 0 heterocycles. The number of anilines is 1. The highest BCUT2D eigenvalue weighted by Gasteiger charge is 2.20. The van der Waals surface area contributed by atoms with Crippen LogP contribution in [0.25, 0.3) is 0 Å². The van der Waals surface area contributed by atoms with E-state index in [2.05, 4.69) is 5.32 Å². The predicted molar refractivity (Wildman–Crippen MR) is 67.8 cm³/mol. The molecule has 1 saturated carbocycles. The van der Waals surface area contributed by atoms with Crippen molar-refractivity contribution in [1.82, 2.24) is 5.32 Å². The average molecular weight is 241 g/mol. The van der Waals surface area contributed by atoms with Gasteiger partial charge in [0.1, 0.15) is 0 Å². The van der Waals surface area contributed by atoms with Crippen molar-refractivity contribution in [1.29, 1.82) is 0 Å². The second-order valence-corrected chi connectivity index (χ2v) is 4.11. The molecule has 1 amide bonds. The van der Waals surface area contributed by atoms with Gasteiger partial charge in [0.15, 0.2) is 0 Å². The first kappa shape index (κ1) is 12.8. The largest absolute Gasteiger partial charge is 0.399 e. The Balaban J connectivity index is 0.00000128. The maximum absolute atomic E-state index is 11.6. The second-order valence-electron chi connectivity index (χ2n) is 4.11. The molecule has 88 valence electrons. The number of halogens is 1. The standard InChI is InChI=1S/C12H16N2O.ClH/c13-11-5-3-10(4-6-11)12(15)14-8-7-9-1-2-9;/h3-6,9H,1-2,7-8,13H2,(H,14,15);1H. The highest BCUT2D eigenvalue weighted by atomic mass is 35.5. The fourth-order valence-electron chi connectivity index (χ4n) is 1.53. The number of amides is 1. The number of nitrogens with two attached hydrogens (primary N) is 1. The van der Waals surface area contributed by atoms with Crippen molar-refractivity contribution < 1.29 is 4.79 Å². The summed E-state index contributed by atoms with van der Waals surface area (Å²) in [6.45, 7) is 0.786. The van der Waals surface area contributed by atoms with E-state index >= 15 is 0 Å². The Labute approximate surface area is 102 Å². The fraction of sp³-hybridized carbons (Fsp3) is 0.417. The minimum absolute atomic E-state index is 0. The summed E-state index contributed by atoms with van der Waals surface area (Å²) in [5, 5.41) is 2.91. The van der Waals surface area contributed by atoms with Gasteiger partial charge in [0.25, 0.3) is 5.91 Å². The third-order valence-corrected chi connectivity index (χ3v) is 2.71. The van der Waals surface area contributed by atoms with Crippen molar-refractivity contribution in [3.05, 3.63) is 29.8 Å². The van der Waals surface area contributed by atoms with Crippen molar-refractivity contribution in [3.63, 3.8) is 0 Å². The molecule has 0 aromatic heterocycles. The van der Waals surface area contributed by atoms with Gasteiger partial charge in [-0.3, -0.25) is 4.79 Å². The Bertz CT molecular complexity index is 347. The van der Waals surface area contributed by atoms with E-state index in [-0.39, 0.29) is 18.3 Å². The number of hydrogen-bond donors (Lipinski definition) is 2. The van der Waals surface area contributed by atoms with Crippen molar-refractivity contribution >= 4 is 24.0 Å². The van der Waals surface area contributed by atoms with Gasteiger partial charge in [-0.1, -0.05) is 12.8 Å². The molecule has 0 unspecified atom stereocenters. The smallest absolute Gasteiger partial charge is 0.251 e. The van der Waals surface area contributed by atoms with Crippen LogP contribution in [-0.4, -0.2) is 12.5 Å². The molecule has 3 N–H and O–H groups in total. The van der Waals surface area contributed by atoms with Gasteiger partial charge in [-0.2, -0.15) is 0 Å². The van der Waals surface area contributed by atoms with Gasteiger partial charge in [0.2, 0.25) is 0 Å². The molecular formula is C12H17ClN2O. The van der Waals surface area contributed by atoms with Crippen LogP contribution in [0, 0.1) is 5.92 Å². The Morgan fingerprint density at radius 3 is 2.50 bits per heavy atom. The maximum atomic E-state index is 11.6. The van der Waals surface area contributed by atoms with Crippen molar-refractivity contribution in [2.75, 3.05) is 12.3 Å². The molecule has 1 aromatic carbocycles. The molecule has 1 aliphatic rings. The predicted octanol–water partition coefficient (Wildman–Crippen LogP) is 2.22. The Morgan fingerprint density at radius 2 is 1.94 bits per heavy atom. The summed E-state index contributed by atoms with van der Waals surface area (Å²) in [5.74, 6) is 0.854. The zero-order valence-corrected chi connectivity index (χ0v) is 9.93. The van der Waals surface area contributed by atoms with E-state index in [0.29, 0.717) is 11.3 Å². The van der Waals surface area contributed by atoms with Gasteiger partial charge in [-0.25, -0.2) is 0 Å². The quantitative estimate of drug-likeness (QED) is 0.793. The van der Waals surface area contributed by atoms with E-state index in [9.17, 15) is 4.79 Å². The minimum Gasteiger partial charge on any atom is -0.399 e. The van der Waals surface area contributed by atoms with Gasteiger partial charge in [-0.05, 0) is 36.6 Å². The molecule has 0 saturated heterocycles. The van der Waals surface area contributed by atoms with Crippen molar-refractivity contribution in [2.24, 2.45) is 5.92 Å². The summed E-state index contributed by atoms with van der Waals surface area (Å²) in [6.07, 6.45) is 3.77. The maximum Gasteiger partial charge on any atom is 0.251 e. The first-order valence-corrected chi connectivity index (χ1v) is 5.39. The van der Waals surface area contributed by atoms with Crippen molar-refractivity contribution in [2.45, 2.75) is 19.3 Å². The number of hydrogen-bond acceptors (Lipinski definition) is 2. The zero-order valence-electron chi connectivity index (χ0n) is 9.11. The molecule has 3 nitrogen and oxygen atoms in total. The number of carbonyl (C=O) groups is 1. The first-order chi connectivity index (χ1) is 7.25. The van der Waals surface area contributed by atoms with E-state index in [1.165, 1.54) is 12.8 Å². The van der Waals surface area contributed by atoms with Crippen LogP contribution in [0.5, 0.6) is 0 Å². The number of nitrogen functional groups attached to an aromatic ring is 1. The van der Waals surface area contributed by atoms with E-state index in [1.807, 2.05) is 0 Å². The highest BCUT2D eigenvalue weighted by molar-refractivity contribution is 5.94. The Hall–Kier alpha value is -1.22. The lowest BCUT2D eigenvalue weighted by Crippen LogP contribution is -2.24. The lowest BCUT2D eigenvalue weighted by Gasteiger charge is -2.04. The molecule has 0 radical (unpaired) electrons. The van der Waals surface area contributed by atoms with E-state index in [1.54, 1.807) is 24.3 Å². The molecule has 0 aliphatic heterocycles. The van der Waals surface area contributed by atoms with Gasteiger partial charge in [0, 0.05) is 17.8 Å². The van der Waals surface area contributed by atoms with Crippen LogP contribution >= 0.6 is 12.4 Å². The van der Waals surface area contributed by atoms with Gasteiger partial charge < -0.3 is 11.1 Å². The van der Waals surface area contributed by atoms with Crippen LogP contribution in [0.3, 0.4) is 0 Å². The molecule has 0 atom stereocenters. The number of carbonyl (C=O) groups excluding carboxylic acids is 1. The molecule has 0 bridgehead atoms. The van der Waals surface area contributed by atoms with Crippen LogP contribution < -0.4 is 11.1 Å². The third kappa shape index (κ3) is 3.74. The third-order valence-electron chi connectivity index (χ3n) is 2.71. The number of nitrogens with one attached hydrogen (secondary N) is 1. The summed E-state index contributed by atoms with van der Waals surface area (Å²) < 4.78 is 0. The summed E-state index contributed by atoms with van der Waals surface area (Å²) in [4.78, 5) is 11.6. The van der Waals surface area contributed by atoms with E-state index in [0.717, 1.165) is 18.9 Å². The van der Waals surface area contributed by atoms with Gasteiger partial charge in [-0.15, -0.1) is 12.4 Å². The molecule has 2 rings (SSSR count). The number of benzene rings is 1. The van der Waals surface area contributed by atoms with Crippen molar-refractivity contribution in [3.8, 4) is 0 Å². The Morgan fingerprint density at radius 1 is 1.31 bits per heavy atom. The summed E-state index contributed by atoms with van der Waals surface area (Å²) in [5.41, 5.74) is 6.91.